The minimum atomic E-state index is -0.311. The number of carbonyl (C=O) groups is 1. The number of allylic oxidation sites excluding steroid dienone is 1. The summed E-state index contributed by atoms with van der Waals surface area (Å²) < 4.78 is 1.63. The van der Waals surface area contributed by atoms with E-state index in [1.165, 1.54) is 42.4 Å². The lowest BCUT2D eigenvalue weighted by molar-refractivity contribution is -0.121. The fourth-order valence-electron chi connectivity index (χ4n) is 3.47. The lowest BCUT2D eigenvalue weighted by atomic mass is 9.95. The van der Waals surface area contributed by atoms with Crippen LogP contribution < -0.4 is 10.9 Å². The summed E-state index contributed by atoms with van der Waals surface area (Å²) in [5.41, 5.74) is 0.939. The van der Waals surface area contributed by atoms with Crippen LogP contribution in [0.1, 0.15) is 49.5 Å². The molecule has 2 heterocycles. The zero-order chi connectivity index (χ0) is 19.6. The van der Waals surface area contributed by atoms with E-state index in [0.717, 1.165) is 28.1 Å². The van der Waals surface area contributed by atoms with Crippen molar-refractivity contribution < 1.29 is 4.79 Å². The van der Waals surface area contributed by atoms with E-state index in [1.807, 2.05) is 20.8 Å². The topological polar surface area (TPSA) is 64.0 Å². The van der Waals surface area contributed by atoms with Crippen LogP contribution in [0, 0.1) is 13.8 Å². The first-order chi connectivity index (χ1) is 12.9. The lowest BCUT2D eigenvalue weighted by Gasteiger charge is -2.24. The fraction of sp³-hybridized carbons (Fsp3) is 0.550. The Hall–Kier alpha value is -1.60. The Morgan fingerprint density at radius 3 is 2.78 bits per heavy atom. The first kappa shape index (κ1) is 20.1. The van der Waals surface area contributed by atoms with E-state index in [-0.39, 0.29) is 22.8 Å². The second-order valence-corrected chi connectivity index (χ2v) is 9.68. The van der Waals surface area contributed by atoms with Gasteiger partial charge in [0.25, 0.3) is 5.56 Å². The van der Waals surface area contributed by atoms with Crippen LogP contribution in [-0.4, -0.2) is 26.8 Å². The first-order valence-electron chi connectivity index (χ1n) is 9.50. The molecule has 0 aromatic carbocycles. The van der Waals surface area contributed by atoms with Gasteiger partial charge >= 0.3 is 0 Å². The van der Waals surface area contributed by atoms with Crippen LogP contribution in [0.3, 0.4) is 0 Å². The highest BCUT2D eigenvalue weighted by molar-refractivity contribution is 8.00. The van der Waals surface area contributed by atoms with Crippen molar-refractivity contribution in [3.63, 3.8) is 0 Å². The number of fused-ring (bicyclic) bond motifs is 1. The summed E-state index contributed by atoms with van der Waals surface area (Å²) in [6.45, 7) is 9.99. The number of amides is 1. The van der Waals surface area contributed by atoms with Crippen LogP contribution in [0.2, 0.25) is 0 Å². The van der Waals surface area contributed by atoms with Crippen molar-refractivity contribution in [1.82, 2.24) is 14.9 Å². The molecule has 0 bridgehead atoms. The monoisotopic (exact) mass is 405 g/mol. The van der Waals surface area contributed by atoms with Gasteiger partial charge in [-0.2, -0.15) is 0 Å². The summed E-state index contributed by atoms with van der Waals surface area (Å²) in [5, 5.41) is 4.12. The van der Waals surface area contributed by atoms with E-state index in [0.29, 0.717) is 17.1 Å². The van der Waals surface area contributed by atoms with Crippen LogP contribution in [0.5, 0.6) is 0 Å². The number of thioether (sulfide) groups is 1. The zero-order valence-corrected chi connectivity index (χ0v) is 17.8. The molecule has 27 heavy (non-hydrogen) atoms. The van der Waals surface area contributed by atoms with E-state index in [9.17, 15) is 9.59 Å². The maximum absolute atomic E-state index is 13.0. The Balaban J connectivity index is 1.86. The largest absolute Gasteiger partial charge is 0.352 e. The molecule has 2 aromatic heterocycles. The van der Waals surface area contributed by atoms with Crippen molar-refractivity contribution in [1.29, 1.82) is 0 Å². The maximum Gasteiger partial charge on any atom is 0.263 e. The molecule has 3 rings (SSSR count). The van der Waals surface area contributed by atoms with E-state index in [1.54, 1.807) is 10.6 Å². The van der Waals surface area contributed by atoms with Crippen molar-refractivity contribution in [3.8, 4) is 0 Å². The first-order valence-corrected chi connectivity index (χ1v) is 11.2. The predicted molar refractivity (Wildman–Crippen MR) is 114 cm³/mol. The van der Waals surface area contributed by atoms with Crippen molar-refractivity contribution in [2.75, 3.05) is 0 Å². The summed E-state index contributed by atoms with van der Waals surface area (Å²) in [5.74, 6) is 0.0185. The molecule has 2 aromatic rings. The number of hydrogen-bond donors (Lipinski definition) is 1. The number of hydrogen-bond acceptors (Lipinski definition) is 5. The Labute approximate surface area is 168 Å². The van der Waals surface area contributed by atoms with Crippen LogP contribution in [0.25, 0.3) is 10.2 Å². The van der Waals surface area contributed by atoms with Gasteiger partial charge in [-0.15, -0.1) is 17.9 Å². The van der Waals surface area contributed by atoms with E-state index < -0.39 is 0 Å². The number of nitrogens with one attached hydrogen (secondary N) is 1. The molecule has 5 nitrogen and oxygen atoms in total. The molecule has 1 saturated carbocycles. The summed E-state index contributed by atoms with van der Waals surface area (Å²) in [4.78, 5) is 32.2. The van der Waals surface area contributed by atoms with Gasteiger partial charge in [-0.1, -0.05) is 37.1 Å². The number of thiophene rings is 1. The summed E-state index contributed by atoms with van der Waals surface area (Å²) in [6.07, 6.45) is 7.43. The third kappa shape index (κ3) is 4.29. The number of aromatic nitrogens is 2. The molecule has 1 amide bonds. The van der Waals surface area contributed by atoms with E-state index >= 15 is 0 Å². The molecule has 1 atom stereocenters. The van der Waals surface area contributed by atoms with Gasteiger partial charge in [-0.25, -0.2) is 4.98 Å². The molecule has 0 saturated heterocycles. The van der Waals surface area contributed by atoms with Crippen molar-refractivity contribution in [3.05, 3.63) is 33.4 Å². The molecule has 1 N–H and O–H groups in total. The Kier molecular flexibility index (Phi) is 6.42. The lowest BCUT2D eigenvalue weighted by Crippen LogP contribution is -2.40. The minimum Gasteiger partial charge on any atom is -0.352 e. The number of rotatable bonds is 6. The molecule has 146 valence electrons. The minimum absolute atomic E-state index is 0.0185. The third-order valence-electron chi connectivity index (χ3n) is 5.17. The highest BCUT2D eigenvalue weighted by Crippen LogP contribution is 2.30. The molecule has 1 aliphatic rings. The van der Waals surface area contributed by atoms with Gasteiger partial charge < -0.3 is 5.32 Å². The van der Waals surface area contributed by atoms with Crippen molar-refractivity contribution in [2.24, 2.45) is 0 Å². The Morgan fingerprint density at radius 2 is 2.11 bits per heavy atom. The third-order valence-corrected chi connectivity index (χ3v) is 7.36. The van der Waals surface area contributed by atoms with Gasteiger partial charge in [0.05, 0.1) is 10.6 Å². The second-order valence-electron chi connectivity index (χ2n) is 7.17. The van der Waals surface area contributed by atoms with Crippen molar-refractivity contribution in [2.45, 2.75) is 75.9 Å². The molecular weight excluding hydrogens is 378 g/mol. The second kappa shape index (κ2) is 8.61. The van der Waals surface area contributed by atoms with Gasteiger partial charge in [0.15, 0.2) is 5.16 Å². The quantitative estimate of drug-likeness (QED) is 0.445. The average molecular weight is 406 g/mol. The normalized spacial score (nSPS) is 16.4. The molecule has 0 spiro atoms. The van der Waals surface area contributed by atoms with Gasteiger partial charge in [-0.3, -0.25) is 14.2 Å². The Bertz CT molecular complexity index is 910. The van der Waals surface area contributed by atoms with Gasteiger partial charge in [0.2, 0.25) is 5.91 Å². The molecule has 0 aliphatic heterocycles. The van der Waals surface area contributed by atoms with Gasteiger partial charge in [-0.05, 0) is 39.2 Å². The van der Waals surface area contributed by atoms with Crippen LogP contribution in [-0.2, 0) is 11.3 Å². The molecule has 7 heteroatoms. The number of carbonyl (C=O) groups excluding carboxylic acids is 1. The van der Waals surface area contributed by atoms with Crippen LogP contribution in [0.4, 0.5) is 0 Å². The highest BCUT2D eigenvalue weighted by Gasteiger charge is 2.23. The standard InChI is InChI=1S/C20H27N3O2S2/c1-5-11-23-19(25)16-12(2)13(3)26-18(16)22-20(23)27-14(4)17(24)21-15-9-7-6-8-10-15/h5,14-15H,1,6-11H2,2-4H3,(H,21,24)/t14-/m1/s1. The van der Waals surface area contributed by atoms with E-state index in [4.69, 9.17) is 4.98 Å². The van der Waals surface area contributed by atoms with Crippen LogP contribution in [0.15, 0.2) is 22.6 Å². The van der Waals surface area contributed by atoms with Gasteiger partial charge in [0.1, 0.15) is 4.83 Å². The molecular formula is C20H27N3O2S2. The predicted octanol–water partition coefficient (Wildman–Crippen LogP) is 4.19. The van der Waals surface area contributed by atoms with Crippen LogP contribution >= 0.6 is 23.1 Å². The fourth-order valence-corrected chi connectivity index (χ4v) is 5.46. The highest BCUT2D eigenvalue weighted by atomic mass is 32.2. The zero-order valence-electron chi connectivity index (χ0n) is 16.2. The average Bonchev–Trinajstić information content (AvgIpc) is 2.93. The number of aryl methyl sites for hydroxylation is 2. The maximum atomic E-state index is 13.0. The SMILES string of the molecule is C=CCn1c(S[C@H](C)C(=O)NC2CCCCC2)nc2sc(C)c(C)c2c1=O. The molecule has 0 radical (unpaired) electrons. The molecule has 1 fully saturated rings. The molecule has 0 unspecified atom stereocenters. The molecule has 1 aliphatic carbocycles. The van der Waals surface area contributed by atoms with E-state index in [2.05, 4.69) is 11.9 Å². The summed E-state index contributed by atoms with van der Waals surface area (Å²) in [7, 11) is 0. The Morgan fingerprint density at radius 1 is 1.41 bits per heavy atom. The van der Waals surface area contributed by atoms with Gasteiger partial charge in [0, 0.05) is 17.5 Å². The smallest absolute Gasteiger partial charge is 0.263 e. The summed E-state index contributed by atoms with van der Waals surface area (Å²) in [6, 6.07) is 0.280. The van der Waals surface area contributed by atoms with Crippen molar-refractivity contribution >= 4 is 39.2 Å². The number of nitrogens with zero attached hydrogens (tertiary/aromatic N) is 2. The summed E-state index contributed by atoms with van der Waals surface area (Å²) >= 11 is 2.88.